The van der Waals surface area contributed by atoms with Gasteiger partial charge in [-0.15, -0.1) is 0 Å². The highest BCUT2D eigenvalue weighted by Crippen LogP contribution is 2.15. The Morgan fingerprint density at radius 3 is 2.48 bits per heavy atom. The molecular formula is C15H18N2O3S. The van der Waals surface area contributed by atoms with E-state index in [-0.39, 0.29) is 4.90 Å². The van der Waals surface area contributed by atoms with Gasteiger partial charge in [0.2, 0.25) is 0 Å². The summed E-state index contributed by atoms with van der Waals surface area (Å²) in [6.45, 7) is 3.02. The standard InChI is InChI=1S/C15H18N2O3S/c1-12-4-3-5-15(17-12)16-10-11-20-13-6-8-14(9-7-13)21(2,18)19/h3-9H,10-11H2,1-2H3,(H,16,17). The largest absolute Gasteiger partial charge is 0.492 e. The Kier molecular flexibility index (Phi) is 4.80. The molecule has 1 heterocycles. The van der Waals surface area contributed by atoms with Crippen molar-refractivity contribution in [1.82, 2.24) is 4.98 Å². The summed E-state index contributed by atoms with van der Waals surface area (Å²) >= 11 is 0. The van der Waals surface area contributed by atoms with E-state index in [0.29, 0.717) is 18.9 Å². The van der Waals surface area contributed by atoms with E-state index >= 15 is 0 Å². The van der Waals surface area contributed by atoms with Gasteiger partial charge in [0.05, 0.1) is 11.4 Å². The highest BCUT2D eigenvalue weighted by atomic mass is 32.2. The van der Waals surface area contributed by atoms with E-state index in [1.807, 2.05) is 25.1 Å². The zero-order chi connectivity index (χ0) is 15.3. The van der Waals surface area contributed by atoms with Gasteiger partial charge >= 0.3 is 0 Å². The number of sulfone groups is 1. The second-order valence-electron chi connectivity index (χ2n) is 4.68. The number of ether oxygens (including phenoxy) is 1. The van der Waals surface area contributed by atoms with Crippen LogP contribution < -0.4 is 10.1 Å². The van der Waals surface area contributed by atoms with Crippen LogP contribution in [0.15, 0.2) is 47.4 Å². The molecule has 2 aromatic rings. The number of aryl methyl sites for hydroxylation is 1. The zero-order valence-corrected chi connectivity index (χ0v) is 12.9. The molecule has 0 saturated carbocycles. The average Bonchev–Trinajstić information content (AvgIpc) is 2.43. The molecule has 0 amide bonds. The number of hydrogen-bond donors (Lipinski definition) is 1. The molecule has 1 N–H and O–H groups in total. The maximum atomic E-state index is 11.3. The Morgan fingerprint density at radius 2 is 1.86 bits per heavy atom. The predicted molar refractivity (Wildman–Crippen MR) is 82.5 cm³/mol. The van der Waals surface area contributed by atoms with Crippen LogP contribution in [0, 0.1) is 6.92 Å². The van der Waals surface area contributed by atoms with Crippen LogP contribution >= 0.6 is 0 Å². The van der Waals surface area contributed by atoms with E-state index in [1.165, 1.54) is 6.26 Å². The summed E-state index contributed by atoms with van der Waals surface area (Å²) in [6, 6.07) is 12.2. The lowest BCUT2D eigenvalue weighted by molar-refractivity contribution is 0.332. The fourth-order valence-corrected chi connectivity index (χ4v) is 2.40. The summed E-state index contributed by atoms with van der Waals surface area (Å²) in [5, 5.41) is 3.16. The van der Waals surface area contributed by atoms with Crippen molar-refractivity contribution in [2.24, 2.45) is 0 Å². The summed E-state index contributed by atoms with van der Waals surface area (Å²) in [7, 11) is -3.16. The Hall–Kier alpha value is -2.08. The molecule has 1 aromatic carbocycles. The lowest BCUT2D eigenvalue weighted by atomic mass is 10.3. The minimum atomic E-state index is -3.16. The topological polar surface area (TPSA) is 68.3 Å². The normalized spacial score (nSPS) is 11.1. The van der Waals surface area contributed by atoms with Gasteiger partial charge in [-0.05, 0) is 43.3 Å². The molecule has 0 aliphatic rings. The van der Waals surface area contributed by atoms with Gasteiger partial charge in [0.1, 0.15) is 18.2 Å². The molecule has 112 valence electrons. The maximum absolute atomic E-state index is 11.3. The smallest absolute Gasteiger partial charge is 0.175 e. The van der Waals surface area contributed by atoms with Crippen molar-refractivity contribution in [3.8, 4) is 5.75 Å². The van der Waals surface area contributed by atoms with Crippen LogP contribution in [-0.2, 0) is 9.84 Å². The first-order chi connectivity index (χ1) is 9.95. The van der Waals surface area contributed by atoms with Crippen molar-refractivity contribution in [2.45, 2.75) is 11.8 Å². The summed E-state index contributed by atoms with van der Waals surface area (Å²) < 4.78 is 28.2. The van der Waals surface area contributed by atoms with Crippen molar-refractivity contribution < 1.29 is 13.2 Å². The third-order valence-electron chi connectivity index (χ3n) is 2.82. The molecule has 0 bridgehead atoms. The Labute approximate surface area is 124 Å². The molecule has 0 spiro atoms. The molecule has 0 aliphatic heterocycles. The highest BCUT2D eigenvalue weighted by molar-refractivity contribution is 7.90. The quantitative estimate of drug-likeness (QED) is 0.829. The molecule has 21 heavy (non-hydrogen) atoms. The van der Waals surface area contributed by atoms with Gasteiger partial charge in [-0.1, -0.05) is 6.07 Å². The second-order valence-corrected chi connectivity index (χ2v) is 6.70. The maximum Gasteiger partial charge on any atom is 0.175 e. The van der Waals surface area contributed by atoms with Crippen molar-refractivity contribution in [1.29, 1.82) is 0 Å². The van der Waals surface area contributed by atoms with Gasteiger partial charge in [-0.3, -0.25) is 0 Å². The van der Waals surface area contributed by atoms with E-state index in [0.717, 1.165) is 11.5 Å². The summed E-state index contributed by atoms with van der Waals surface area (Å²) in [4.78, 5) is 4.61. The van der Waals surface area contributed by atoms with Crippen LogP contribution in [0.2, 0.25) is 0 Å². The fourth-order valence-electron chi connectivity index (χ4n) is 1.77. The average molecular weight is 306 g/mol. The van der Waals surface area contributed by atoms with Gasteiger partial charge in [0, 0.05) is 11.9 Å². The summed E-state index contributed by atoms with van der Waals surface area (Å²) in [5.41, 5.74) is 0.956. The van der Waals surface area contributed by atoms with Crippen LogP contribution in [0.25, 0.3) is 0 Å². The molecule has 1 aromatic heterocycles. The Morgan fingerprint density at radius 1 is 1.14 bits per heavy atom. The van der Waals surface area contributed by atoms with Gasteiger partial charge in [-0.25, -0.2) is 13.4 Å². The molecule has 0 saturated heterocycles. The van der Waals surface area contributed by atoms with E-state index in [4.69, 9.17) is 4.74 Å². The molecular weight excluding hydrogens is 288 g/mol. The minimum Gasteiger partial charge on any atom is -0.492 e. The number of rotatable bonds is 6. The zero-order valence-electron chi connectivity index (χ0n) is 12.0. The predicted octanol–water partition coefficient (Wildman–Crippen LogP) is 2.28. The number of benzene rings is 1. The van der Waals surface area contributed by atoms with Gasteiger partial charge in [0.25, 0.3) is 0 Å². The molecule has 0 atom stereocenters. The van der Waals surface area contributed by atoms with Crippen LogP contribution in [0.1, 0.15) is 5.69 Å². The number of pyridine rings is 1. The number of nitrogens with zero attached hydrogens (tertiary/aromatic N) is 1. The SMILES string of the molecule is Cc1cccc(NCCOc2ccc(S(C)(=O)=O)cc2)n1. The fraction of sp³-hybridized carbons (Fsp3) is 0.267. The Bertz CT molecular complexity index is 697. The van der Waals surface area contributed by atoms with E-state index in [2.05, 4.69) is 10.3 Å². The number of anilines is 1. The molecule has 0 unspecified atom stereocenters. The molecule has 0 aliphatic carbocycles. The third kappa shape index (κ3) is 4.75. The first-order valence-electron chi connectivity index (χ1n) is 6.55. The van der Waals surface area contributed by atoms with Gasteiger partial charge < -0.3 is 10.1 Å². The van der Waals surface area contributed by atoms with Crippen LogP contribution in [0.5, 0.6) is 5.75 Å². The van der Waals surface area contributed by atoms with Crippen molar-refractivity contribution in [3.05, 3.63) is 48.2 Å². The molecule has 2 rings (SSSR count). The van der Waals surface area contributed by atoms with Crippen molar-refractivity contribution >= 4 is 15.7 Å². The third-order valence-corrected chi connectivity index (χ3v) is 3.95. The van der Waals surface area contributed by atoms with E-state index < -0.39 is 9.84 Å². The minimum absolute atomic E-state index is 0.289. The van der Waals surface area contributed by atoms with Crippen LogP contribution in [-0.4, -0.2) is 32.8 Å². The van der Waals surface area contributed by atoms with Crippen molar-refractivity contribution in [2.75, 3.05) is 24.7 Å². The lowest BCUT2D eigenvalue weighted by Gasteiger charge is -2.09. The first kappa shape index (κ1) is 15.3. The molecule has 0 radical (unpaired) electrons. The Balaban J connectivity index is 1.81. The van der Waals surface area contributed by atoms with Crippen LogP contribution in [0.4, 0.5) is 5.82 Å². The molecule has 5 nitrogen and oxygen atoms in total. The molecule has 6 heteroatoms. The van der Waals surface area contributed by atoms with Crippen molar-refractivity contribution in [3.63, 3.8) is 0 Å². The summed E-state index contributed by atoms with van der Waals surface area (Å²) in [6.07, 6.45) is 1.18. The number of nitrogens with one attached hydrogen (secondary N) is 1. The van der Waals surface area contributed by atoms with Crippen LogP contribution in [0.3, 0.4) is 0 Å². The lowest BCUT2D eigenvalue weighted by Crippen LogP contribution is -2.12. The van der Waals surface area contributed by atoms with Gasteiger partial charge in [0.15, 0.2) is 9.84 Å². The highest BCUT2D eigenvalue weighted by Gasteiger charge is 2.06. The van der Waals surface area contributed by atoms with E-state index in [9.17, 15) is 8.42 Å². The first-order valence-corrected chi connectivity index (χ1v) is 8.45. The molecule has 0 fully saturated rings. The van der Waals surface area contributed by atoms with Gasteiger partial charge in [-0.2, -0.15) is 0 Å². The number of aromatic nitrogens is 1. The second kappa shape index (κ2) is 6.58. The number of hydrogen-bond acceptors (Lipinski definition) is 5. The summed E-state index contributed by atoms with van der Waals surface area (Å²) in [5.74, 6) is 1.45. The van der Waals surface area contributed by atoms with E-state index in [1.54, 1.807) is 24.3 Å². The monoisotopic (exact) mass is 306 g/mol.